The van der Waals surface area contributed by atoms with Gasteiger partial charge in [0, 0.05) is 25.7 Å². The van der Waals surface area contributed by atoms with Crippen LogP contribution in [0.5, 0.6) is 0 Å². The lowest BCUT2D eigenvalue weighted by molar-refractivity contribution is -0.126. The second-order valence-electron chi connectivity index (χ2n) is 6.87. The molecule has 1 aliphatic carbocycles. The zero-order valence-electron chi connectivity index (χ0n) is 15.1. The molecule has 0 spiro atoms. The molecule has 1 heterocycles. The monoisotopic (exact) mass is 383 g/mol. The molecule has 0 aromatic rings. The normalized spacial score (nSPS) is 21.7. The fourth-order valence-electron chi connectivity index (χ4n) is 3.94. The van der Waals surface area contributed by atoms with Gasteiger partial charge in [-0.2, -0.15) is 0 Å². The summed E-state index contributed by atoms with van der Waals surface area (Å²) < 4.78 is 5.47. The SMILES string of the molecule is CCC(CC)C(CNC(=O)C1(N)CCCC1)N1CCOCC1.Cl.Cl. The second kappa shape index (κ2) is 11.5. The van der Waals surface area contributed by atoms with Crippen LogP contribution in [-0.4, -0.2) is 55.2 Å². The van der Waals surface area contributed by atoms with Gasteiger partial charge >= 0.3 is 0 Å². The zero-order valence-corrected chi connectivity index (χ0v) is 16.7. The van der Waals surface area contributed by atoms with Crippen LogP contribution in [0.4, 0.5) is 0 Å². The molecule has 0 aromatic heterocycles. The van der Waals surface area contributed by atoms with Crippen LogP contribution in [0, 0.1) is 5.92 Å². The third kappa shape index (κ3) is 6.03. The van der Waals surface area contributed by atoms with E-state index in [-0.39, 0.29) is 30.7 Å². The Bertz CT molecular complexity index is 356. The maximum Gasteiger partial charge on any atom is 0.240 e. The lowest BCUT2D eigenvalue weighted by atomic mass is 9.91. The van der Waals surface area contributed by atoms with E-state index in [0.717, 1.165) is 64.8 Å². The van der Waals surface area contributed by atoms with Gasteiger partial charge in [0.05, 0.1) is 18.8 Å². The molecule has 144 valence electrons. The Kier molecular flexibility index (Phi) is 11.5. The zero-order chi connectivity index (χ0) is 16.0. The molecule has 1 aliphatic heterocycles. The Morgan fingerprint density at radius 1 is 1.17 bits per heavy atom. The summed E-state index contributed by atoms with van der Waals surface area (Å²) in [6.07, 6.45) is 6.08. The summed E-state index contributed by atoms with van der Waals surface area (Å²) in [4.78, 5) is 15.0. The van der Waals surface area contributed by atoms with Crippen LogP contribution >= 0.6 is 24.8 Å². The van der Waals surface area contributed by atoms with E-state index in [9.17, 15) is 4.79 Å². The van der Waals surface area contributed by atoms with Crippen molar-refractivity contribution in [3.63, 3.8) is 0 Å². The third-order valence-corrected chi connectivity index (χ3v) is 5.53. The number of carbonyl (C=O) groups is 1. The molecular formula is C17H35Cl2N3O2. The first-order valence-electron chi connectivity index (χ1n) is 8.99. The molecular weight excluding hydrogens is 349 g/mol. The number of rotatable bonds is 7. The standard InChI is InChI=1S/C17H33N3O2.2ClH/c1-3-14(4-2)15(20-9-11-22-12-10-20)13-19-16(21)17(18)7-5-6-8-17;;/h14-15H,3-13,18H2,1-2H3,(H,19,21);2*1H. The van der Waals surface area contributed by atoms with Crippen molar-refractivity contribution in [2.45, 2.75) is 64.0 Å². The molecule has 0 bridgehead atoms. The third-order valence-electron chi connectivity index (χ3n) is 5.53. The molecule has 2 fully saturated rings. The maximum atomic E-state index is 12.5. The molecule has 7 heteroatoms. The van der Waals surface area contributed by atoms with Crippen molar-refractivity contribution in [1.29, 1.82) is 0 Å². The topological polar surface area (TPSA) is 67.6 Å². The summed E-state index contributed by atoms with van der Waals surface area (Å²) in [6, 6.07) is 0.396. The number of nitrogens with zero attached hydrogens (tertiary/aromatic N) is 1. The average molecular weight is 384 g/mol. The summed E-state index contributed by atoms with van der Waals surface area (Å²) >= 11 is 0. The van der Waals surface area contributed by atoms with E-state index in [1.807, 2.05) is 0 Å². The molecule has 5 nitrogen and oxygen atoms in total. The summed E-state index contributed by atoms with van der Waals surface area (Å²) in [5, 5.41) is 3.17. The van der Waals surface area contributed by atoms with E-state index in [1.54, 1.807) is 0 Å². The number of halogens is 2. The van der Waals surface area contributed by atoms with Crippen LogP contribution in [0.1, 0.15) is 52.4 Å². The number of morpholine rings is 1. The first-order valence-corrected chi connectivity index (χ1v) is 8.99. The van der Waals surface area contributed by atoms with E-state index in [2.05, 4.69) is 24.1 Å². The van der Waals surface area contributed by atoms with Gasteiger partial charge in [0.1, 0.15) is 0 Å². The van der Waals surface area contributed by atoms with E-state index in [4.69, 9.17) is 10.5 Å². The fourth-order valence-corrected chi connectivity index (χ4v) is 3.94. The van der Waals surface area contributed by atoms with Crippen LogP contribution in [0.3, 0.4) is 0 Å². The summed E-state index contributed by atoms with van der Waals surface area (Å²) in [6.45, 7) is 8.71. The first kappa shape index (κ1) is 23.9. The van der Waals surface area contributed by atoms with Gasteiger partial charge in [-0.1, -0.05) is 39.5 Å². The van der Waals surface area contributed by atoms with Gasteiger partial charge in [-0.25, -0.2) is 0 Å². The fraction of sp³-hybridized carbons (Fsp3) is 0.941. The Labute approximate surface area is 159 Å². The van der Waals surface area contributed by atoms with Crippen molar-refractivity contribution in [1.82, 2.24) is 10.2 Å². The van der Waals surface area contributed by atoms with E-state index in [1.165, 1.54) is 0 Å². The lowest BCUT2D eigenvalue weighted by Crippen LogP contribution is -2.57. The van der Waals surface area contributed by atoms with Crippen molar-refractivity contribution in [3.8, 4) is 0 Å². The highest BCUT2D eigenvalue weighted by molar-refractivity contribution is 5.86. The predicted molar refractivity (Wildman–Crippen MR) is 103 cm³/mol. The van der Waals surface area contributed by atoms with E-state index in [0.29, 0.717) is 18.5 Å². The number of nitrogens with two attached hydrogens (primary N) is 1. The van der Waals surface area contributed by atoms with Gasteiger partial charge in [-0.05, 0) is 18.8 Å². The van der Waals surface area contributed by atoms with Crippen molar-refractivity contribution in [2.24, 2.45) is 11.7 Å². The van der Waals surface area contributed by atoms with Gasteiger partial charge < -0.3 is 15.8 Å². The van der Waals surface area contributed by atoms with Crippen LogP contribution in [0.2, 0.25) is 0 Å². The molecule has 2 aliphatic rings. The number of hydrogen-bond acceptors (Lipinski definition) is 4. The van der Waals surface area contributed by atoms with Gasteiger partial charge in [-0.15, -0.1) is 24.8 Å². The van der Waals surface area contributed by atoms with Crippen LogP contribution < -0.4 is 11.1 Å². The van der Waals surface area contributed by atoms with Crippen LogP contribution in [0.25, 0.3) is 0 Å². The molecule has 1 atom stereocenters. The molecule has 1 unspecified atom stereocenters. The molecule has 0 aromatic carbocycles. The summed E-state index contributed by atoms with van der Waals surface area (Å²) in [7, 11) is 0. The summed E-state index contributed by atoms with van der Waals surface area (Å²) in [5.74, 6) is 0.657. The molecule has 2 rings (SSSR count). The number of amides is 1. The van der Waals surface area contributed by atoms with Crippen molar-refractivity contribution in [3.05, 3.63) is 0 Å². The minimum Gasteiger partial charge on any atom is -0.379 e. The molecule has 1 saturated carbocycles. The number of hydrogen-bond donors (Lipinski definition) is 2. The highest BCUT2D eigenvalue weighted by Gasteiger charge is 2.37. The van der Waals surface area contributed by atoms with Crippen LogP contribution in [-0.2, 0) is 9.53 Å². The predicted octanol–water partition coefficient (Wildman–Crippen LogP) is 2.35. The average Bonchev–Trinajstić information content (AvgIpc) is 3.00. The molecule has 1 amide bonds. The maximum absolute atomic E-state index is 12.5. The van der Waals surface area contributed by atoms with E-state index < -0.39 is 5.54 Å². The Morgan fingerprint density at radius 2 is 1.71 bits per heavy atom. The van der Waals surface area contributed by atoms with Gasteiger partial charge in [-0.3, -0.25) is 9.69 Å². The van der Waals surface area contributed by atoms with Gasteiger partial charge in [0.15, 0.2) is 0 Å². The van der Waals surface area contributed by atoms with Gasteiger partial charge in [0.25, 0.3) is 0 Å². The highest BCUT2D eigenvalue weighted by Crippen LogP contribution is 2.27. The number of carbonyl (C=O) groups excluding carboxylic acids is 1. The first-order chi connectivity index (χ1) is 10.6. The van der Waals surface area contributed by atoms with Crippen LogP contribution in [0.15, 0.2) is 0 Å². The van der Waals surface area contributed by atoms with Gasteiger partial charge in [0.2, 0.25) is 5.91 Å². The lowest BCUT2D eigenvalue weighted by Gasteiger charge is -2.39. The molecule has 3 N–H and O–H groups in total. The molecule has 0 radical (unpaired) electrons. The number of nitrogens with one attached hydrogen (secondary N) is 1. The molecule has 1 saturated heterocycles. The second-order valence-corrected chi connectivity index (χ2v) is 6.87. The quantitative estimate of drug-likeness (QED) is 0.707. The Morgan fingerprint density at radius 3 is 2.21 bits per heavy atom. The largest absolute Gasteiger partial charge is 0.379 e. The summed E-state index contributed by atoms with van der Waals surface area (Å²) in [5.41, 5.74) is 5.64. The Hall–Kier alpha value is -0.0700. The minimum atomic E-state index is -0.622. The molecule has 24 heavy (non-hydrogen) atoms. The van der Waals surface area contributed by atoms with Crippen molar-refractivity contribution < 1.29 is 9.53 Å². The minimum absolute atomic E-state index is 0. The highest BCUT2D eigenvalue weighted by atomic mass is 35.5. The van der Waals surface area contributed by atoms with E-state index >= 15 is 0 Å². The Balaban J connectivity index is 0.00000264. The van der Waals surface area contributed by atoms with Crippen molar-refractivity contribution in [2.75, 3.05) is 32.8 Å². The van der Waals surface area contributed by atoms with Crippen molar-refractivity contribution >= 4 is 30.7 Å². The number of ether oxygens (including phenoxy) is 1. The smallest absolute Gasteiger partial charge is 0.240 e.